The summed E-state index contributed by atoms with van der Waals surface area (Å²) < 4.78 is 11.3. The summed E-state index contributed by atoms with van der Waals surface area (Å²) in [6, 6.07) is -0.678. The van der Waals surface area contributed by atoms with E-state index in [4.69, 9.17) is 14.6 Å². The first-order chi connectivity index (χ1) is 9.10. The highest BCUT2D eigenvalue weighted by atomic mass is 16.6. The van der Waals surface area contributed by atoms with Crippen molar-refractivity contribution in [2.45, 2.75) is 26.3 Å². The number of ether oxygens (including phenoxy) is 2. The number of carbonyl (C=O) groups excluding carboxylic acids is 1. The van der Waals surface area contributed by atoms with Gasteiger partial charge in [-0.15, -0.1) is 5.10 Å². The van der Waals surface area contributed by atoms with Crippen molar-refractivity contribution in [1.82, 2.24) is 15.0 Å². The molecular formula is C11H17N3O5. The second-order valence-electron chi connectivity index (χ2n) is 3.68. The Kier molecular flexibility index (Phi) is 5.94. The van der Waals surface area contributed by atoms with Crippen molar-refractivity contribution in [3.05, 3.63) is 11.9 Å². The van der Waals surface area contributed by atoms with E-state index in [-0.39, 0.29) is 12.3 Å². The topological polar surface area (TPSA) is 104 Å². The predicted octanol–water partition coefficient (Wildman–Crippen LogP) is 0.507. The fourth-order valence-electron chi connectivity index (χ4n) is 1.43. The van der Waals surface area contributed by atoms with Gasteiger partial charge in [0.1, 0.15) is 6.61 Å². The Morgan fingerprint density at radius 2 is 2.16 bits per heavy atom. The van der Waals surface area contributed by atoms with Gasteiger partial charge in [-0.2, -0.15) is 0 Å². The third kappa shape index (κ3) is 4.32. The number of esters is 1. The first-order valence-corrected chi connectivity index (χ1v) is 5.99. The summed E-state index contributed by atoms with van der Waals surface area (Å²) in [6.45, 7) is 4.66. The van der Waals surface area contributed by atoms with Gasteiger partial charge in [0.05, 0.1) is 12.8 Å². The Morgan fingerprint density at radius 3 is 2.68 bits per heavy atom. The highest BCUT2D eigenvalue weighted by Gasteiger charge is 2.22. The summed E-state index contributed by atoms with van der Waals surface area (Å²) in [5.41, 5.74) is -0.208. The van der Waals surface area contributed by atoms with Gasteiger partial charge < -0.3 is 14.6 Å². The molecule has 0 aromatic carbocycles. The molecular weight excluding hydrogens is 254 g/mol. The Labute approximate surface area is 110 Å². The smallest absolute Gasteiger partial charge is 0.358 e. The SMILES string of the molecule is CCOCCOC(=O)C(CC)n1cc(C(=O)O)nn1. The van der Waals surface area contributed by atoms with E-state index in [0.717, 1.165) is 0 Å². The molecule has 8 nitrogen and oxygen atoms in total. The lowest BCUT2D eigenvalue weighted by atomic mass is 10.2. The number of carbonyl (C=O) groups is 2. The van der Waals surface area contributed by atoms with Gasteiger partial charge in [-0.3, -0.25) is 0 Å². The molecule has 0 fully saturated rings. The third-order valence-corrected chi connectivity index (χ3v) is 2.38. The number of rotatable bonds is 8. The molecule has 1 rings (SSSR count). The first kappa shape index (κ1) is 15.1. The van der Waals surface area contributed by atoms with Crippen LogP contribution in [0.25, 0.3) is 0 Å². The summed E-state index contributed by atoms with van der Waals surface area (Å²) in [4.78, 5) is 22.5. The lowest BCUT2D eigenvalue weighted by Crippen LogP contribution is -2.23. The van der Waals surface area contributed by atoms with Crippen LogP contribution in [-0.2, 0) is 14.3 Å². The molecule has 0 aliphatic heterocycles. The lowest BCUT2D eigenvalue weighted by molar-refractivity contribution is -0.149. The zero-order chi connectivity index (χ0) is 14.3. The van der Waals surface area contributed by atoms with Crippen LogP contribution in [0, 0.1) is 0 Å². The minimum atomic E-state index is -1.19. The molecule has 106 valence electrons. The zero-order valence-corrected chi connectivity index (χ0v) is 10.9. The van der Waals surface area contributed by atoms with Gasteiger partial charge >= 0.3 is 11.9 Å². The molecule has 1 aromatic heterocycles. The van der Waals surface area contributed by atoms with Crippen LogP contribution < -0.4 is 0 Å². The molecule has 19 heavy (non-hydrogen) atoms. The fraction of sp³-hybridized carbons (Fsp3) is 0.636. The Hall–Kier alpha value is -1.96. The third-order valence-electron chi connectivity index (χ3n) is 2.38. The van der Waals surface area contributed by atoms with Crippen molar-refractivity contribution in [3.8, 4) is 0 Å². The summed E-state index contributed by atoms with van der Waals surface area (Å²) in [5.74, 6) is -1.67. The highest BCUT2D eigenvalue weighted by molar-refractivity contribution is 5.84. The normalized spacial score (nSPS) is 12.1. The van der Waals surface area contributed by atoms with Crippen molar-refractivity contribution < 1.29 is 24.2 Å². The zero-order valence-electron chi connectivity index (χ0n) is 10.9. The van der Waals surface area contributed by atoms with Gasteiger partial charge in [0, 0.05) is 6.61 Å². The molecule has 0 bridgehead atoms. The highest BCUT2D eigenvalue weighted by Crippen LogP contribution is 2.12. The number of aromatic nitrogens is 3. The largest absolute Gasteiger partial charge is 0.476 e. The van der Waals surface area contributed by atoms with Crippen molar-refractivity contribution in [1.29, 1.82) is 0 Å². The van der Waals surface area contributed by atoms with Gasteiger partial charge in [0.2, 0.25) is 0 Å². The van der Waals surface area contributed by atoms with E-state index in [1.54, 1.807) is 6.92 Å². The van der Waals surface area contributed by atoms with E-state index < -0.39 is 18.0 Å². The van der Waals surface area contributed by atoms with Gasteiger partial charge in [-0.25, -0.2) is 14.3 Å². The van der Waals surface area contributed by atoms with Crippen LogP contribution >= 0.6 is 0 Å². The minimum Gasteiger partial charge on any atom is -0.476 e. The minimum absolute atomic E-state index is 0.156. The summed E-state index contributed by atoms with van der Waals surface area (Å²) in [5, 5.41) is 15.8. The molecule has 8 heteroatoms. The molecule has 1 N–H and O–H groups in total. The molecule has 0 saturated carbocycles. The van der Waals surface area contributed by atoms with Crippen molar-refractivity contribution in [2.75, 3.05) is 19.8 Å². The van der Waals surface area contributed by atoms with Crippen LogP contribution in [0.5, 0.6) is 0 Å². The molecule has 0 saturated heterocycles. The molecule has 0 aliphatic carbocycles. The number of hydrogen-bond donors (Lipinski definition) is 1. The van der Waals surface area contributed by atoms with E-state index in [0.29, 0.717) is 19.6 Å². The Bertz CT molecular complexity index is 432. The average molecular weight is 271 g/mol. The first-order valence-electron chi connectivity index (χ1n) is 5.99. The average Bonchev–Trinajstić information content (AvgIpc) is 2.85. The number of carboxylic acid groups (broad SMARTS) is 1. The molecule has 1 heterocycles. The van der Waals surface area contributed by atoms with E-state index in [1.165, 1.54) is 10.9 Å². The van der Waals surface area contributed by atoms with E-state index in [1.807, 2.05) is 6.92 Å². The maximum Gasteiger partial charge on any atom is 0.358 e. The number of aromatic carboxylic acids is 1. The molecule has 0 aliphatic rings. The summed E-state index contributed by atoms with van der Waals surface area (Å²) in [7, 11) is 0. The Morgan fingerprint density at radius 1 is 1.42 bits per heavy atom. The van der Waals surface area contributed by atoms with Crippen molar-refractivity contribution >= 4 is 11.9 Å². The second-order valence-corrected chi connectivity index (χ2v) is 3.68. The van der Waals surface area contributed by atoms with E-state index in [2.05, 4.69) is 10.3 Å². The van der Waals surface area contributed by atoms with Crippen LogP contribution in [0.1, 0.15) is 36.8 Å². The Balaban J connectivity index is 2.60. The monoisotopic (exact) mass is 271 g/mol. The molecule has 0 radical (unpaired) electrons. The van der Waals surface area contributed by atoms with Crippen molar-refractivity contribution in [2.24, 2.45) is 0 Å². The fourth-order valence-corrected chi connectivity index (χ4v) is 1.43. The maximum absolute atomic E-state index is 11.8. The predicted molar refractivity (Wildman–Crippen MR) is 63.8 cm³/mol. The molecule has 1 aromatic rings. The molecule has 0 amide bonds. The lowest BCUT2D eigenvalue weighted by Gasteiger charge is -2.13. The van der Waals surface area contributed by atoms with Crippen LogP contribution in [-0.4, -0.2) is 51.9 Å². The van der Waals surface area contributed by atoms with Crippen LogP contribution in [0.4, 0.5) is 0 Å². The van der Waals surface area contributed by atoms with Crippen LogP contribution in [0.15, 0.2) is 6.20 Å². The second kappa shape index (κ2) is 7.47. The van der Waals surface area contributed by atoms with Crippen LogP contribution in [0.3, 0.4) is 0 Å². The van der Waals surface area contributed by atoms with Crippen molar-refractivity contribution in [3.63, 3.8) is 0 Å². The molecule has 1 unspecified atom stereocenters. The maximum atomic E-state index is 11.8. The standard InChI is InChI=1S/C11H17N3O5/c1-3-9(11(17)19-6-5-18-4-2)14-7-8(10(15)16)12-13-14/h7,9H,3-6H2,1-2H3,(H,15,16). The summed E-state index contributed by atoms with van der Waals surface area (Å²) in [6.07, 6.45) is 1.64. The van der Waals surface area contributed by atoms with Crippen LogP contribution in [0.2, 0.25) is 0 Å². The quantitative estimate of drug-likeness (QED) is 0.542. The van der Waals surface area contributed by atoms with Gasteiger partial charge in [0.15, 0.2) is 11.7 Å². The molecule has 1 atom stereocenters. The number of hydrogen-bond acceptors (Lipinski definition) is 6. The van der Waals surface area contributed by atoms with E-state index >= 15 is 0 Å². The van der Waals surface area contributed by atoms with Gasteiger partial charge in [-0.1, -0.05) is 12.1 Å². The molecule has 0 spiro atoms. The van der Waals surface area contributed by atoms with E-state index in [9.17, 15) is 9.59 Å². The van der Waals surface area contributed by atoms with Gasteiger partial charge in [-0.05, 0) is 13.3 Å². The summed E-state index contributed by atoms with van der Waals surface area (Å²) >= 11 is 0. The van der Waals surface area contributed by atoms with Gasteiger partial charge in [0.25, 0.3) is 0 Å². The number of nitrogens with zero attached hydrogens (tertiary/aromatic N) is 3. The number of carboxylic acids is 1.